The van der Waals surface area contributed by atoms with Crippen LogP contribution < -0.4 is 10.2 Å². The Bertz CT molecular complexity index is 384. The fourth-order valence-electron chi connectivity index (χ4n) is 1.77. The molecular weight excluding hydrogens is 214 g/mol. The van der Waals surface area contributed by atoms with Gasteiger partial charge in [0.25, 0.3) is 0 Å². The molecule has 4 nitrogen and oxygen atoms in total. The van der Waals surface area contributed by atoms with Crippen molar-refractivity contribution in [3.8, 4) is 0 Å². The van der Waals surface area contributed by atoms with E-state index < -0.39 is 0 Å². The van der Waals surface area contributed by atoms with E-state index >= 15 is 0 Å². The van der Waals surface area contributed by atoms with Crippen molar-refractivity contribution in [2.45, 2.75) is 32.2 Å². The van der Waals surface area contributed by atoms with Crippen molar-refractivity contribution in [1.82, 2.24) is 10.3 Å². The van der Waals surface area contributed by atoms with Crippen LogP contribution in [0.15, 0.2) is 18.3 Å². The van der Waals surface area contributed by atoms with Gasteiger partial charge in [-0.1, -0.05) is 6.42 Å². The van der Waals surface area contributed by atoms with Crippen molar-refractivity contribution < 1.29 is 4.79 Å². The van der Waals surface area contributed by atoms with E-state index in [1.54, 1.807) is 18.1 Å². The fourth-order valence-corrected chi connectivity index (χ4v) is 1.77. The molecule has 1 N–H and O–H groups in total. The zero-order valence-electron chi connectivity index (χ0n) is 10.4. The summed E-state index contributed by atoms with van der Waals surface area (Å²) < 4.78 is 0. The standard InChI is InChI=1S/C13H19N3O/c1-10-6-7-12(8-14-10)16(2)13(17)9-15-11-4-3-5-11/h6-8,11,15H,3-5,9H2,1-2H3. The molecule has 0 spiro atoms. The molecule has 4 heteroatoms. The van der Waals surface area contributed by atoms with Gasteiger partial charge >= 0.3 is 0 Å². The number of carbonyl (C=O) groups is 1. The molecule has 0 bridgehead atoms. The minimum Gasteiger partial charge on any atom is -0.313 e. The highest BCUT2D eigenvalue weighted by Crippen LogP contribution is 2.18. The number of carbonyl (C=O) groups excluding carboxylic acids is 1. The largest absolute Gasteiger partial charge is 0.313 e. The van der Waals surface area contributed by atoms with Crippen molar-refractivity contribution in [2.24, 2.45) is 0 Å². The SMILES string of the molecule is Cc1ccc(N(C)C(=O)CNC2CCC2)cn1. The van der Waals surface area contributed by atoms with Gasteiger partial charge in [-0.15, -0.1) is 0 Å². The Kier molecular flexibility index (Phi) is 3.74. The molecule has 1 aromatic rings. The molecule has 1 saturated carbocycles. The van der Waals surface area contributed by atoms with Crippen LogP contribution in [0.5, 0.6) is 0 Å². The Balaban J connectivity index is 1.87. The van der Waals surface area contributed by atoms with E-state index in [0.717, 1.165) is 11.4 Å². The Morgan fingerprint density at radius 1 is 1.53 bits per heavy atom. The highest BCUT2D eigenvalue weighted by atomic mass is 16.2. The van der Waals surface area contributed by atoms with Crippen LogP contribution in [-0.4, -0.2) is 30.5 Å². The third-order valence-electron chi connectivity index (χ3n) is 3.30. The van der Waals surface area contributed by atoms with Gasteiger partial charge in [0.1, 0.15) is 0 Å². The lowest BCUT2D eigenvalue weighted by Gasteiger charge is -2.27. The Hall–Kier alpha value is -1.42. The minimum atomic E-state index is 0.0857. The summed E-state index contributed by atoms with van der Waals surface area (Å²) in [4.78, 5) is 17.8. The molecule has 92 valence electrons. The Morgan fingerprint density at radius 3 is 2.82 bits per heavy atom. The zero-order valence-corrected chi connectivity index (χ0v) is 10.4. The number of pyridine rings is 1. The molecule has 2 rings (SSSR count). The van der Waals surface area contributed by atoms with Gasteiger partial charge in [0.05, 0.1) is 18.4 Å². The van der Waals surface area contributed by atoms with Crippen LogP contribution in [0.3, 0.4) is 0 Å². The summed E-state index contributed by atoms with van der Waals surface area (Å²) in [7, 11) is 1.79. The predicted octanol–water partition coefficient (Wildman–Crippen LogP) is 1.49. The highest BCUT2D eigenvalue weighted by Gasteiger charge is 2.19. The first-order chi connectivity index (χ1) is 8.16. The lowest BCUT2D eigenvalue weighted by Crippen LogP contribution is -2.42. The van der Waals surface area contributed by atoms with E-state index in [4.69, 9.17) is 0 Å². The summed E-state index contributed by atoms with van der Waals surface area (Å²) in [5.74, 6) is 0.0857. The first-order valence-corrected chi connectivity index (χ1v) is 6.09. The summed E-state index contributed by atoms with van der Waals surface area (Å²) >= 11 is 0. The number of hydrogen-bond donors (Lipinski definition) is 1. The summed E-state index contributed by atoms with van der Waals surface area (Å²) in [6, 6.07) is 4.38. The number of likely N-dealkylation sites (N-methyl/N-ethyl adjacent to an activating group) is 1. The van der Waals surface area contributed by atoms with E-state index in [-0.39, 0.29) is 5.91 Å². The van der Waals surface area contributed by atoms with Gasteiger partial charge in [0, 0.05) is 18.8 Å². The third kappa shape index (κ3) is 3.03. The van der Waals surface area contributed by atoms with Crippen molar-refractivity contribution in [2.75, 3.05) is 18.5 Å². The van der Waals surface area contributed by atoms with E-state index in [0.29, 0.717) is 12.6 Å². The smallest absolute Gasteiger partial charge is 0.240 e. The molecule has 1 amide bonds. The second kappa shape index (κ2) is 5.27. The quantitative estimate of drug-likeness (QED) is 0.857. The molecule has 17 heavy (non-hydrogen) atoms. The van der Waals surface area contributed by atoms with Gasteiger partial charge in [0.15, 0.2) is 0 Å². The van der Waals surface area contributed by atoms with Crippen LogP contribution in [0, 0.1) is 6.92 Å². The van der Waals surface area contributed by atoms with Gasteiger partial charge in [-0.3, -0.25) is 9.78 Å². The van der Waals surface area contributed by atoms with Crippen molar-refractivity contribution >= 4 is 11.6 Å². The lowest BCUT2D eigenvalue weighted by molar-refractivity contribution is -0.117. The fraction of sp³-hybridized carbons (Fsp3) is 0.538. The molecule has 0 unspecified atom stereocenters. The monoisotopic (exact) mass is 233 g/mol. The normalized spacial score (nSPS) is 15.4. The van der Waals surface area contributed by atoms with Gasteiger partial charge in [-0.05, 0) is 31.9 Å². The zero-order chi connectivity index (χ0) is 12.3. The first-order valence-electron chi connectivity index (χ1n) is 6.09. The van der Waals surface area contributed by atoms with E-state index in [9.17, 15) is 4.79 Å². The minimum absolute atomic E-state index is 0.0857. The molecule has 0 aromatic carbocycles. The molecule has 0 aliphatic heterocycles. The van der Waals surface area contributed by atoms with Crippen LogP contribution >= 0.6 is 0 Å². The van der Waals surface area contributed by atoms with Crippen molar-refractivity contribution in [3.05, 3.63) is 24.0 Å². The summed E-state index contributed by atoms with van der Waals surface area (Å²) in [5, 5.41) is 3.27. The number of hydrogen-bond acceptors (Lipinski definition) is 3. The van der Waals surface area contributed by atoms with Crippen LogP contribution in [-0.2, 0) is 4.79 Å². The number of aromatic nitrogens is 1. The molecule has 0 saturated heterocycles. The first kappa shape index (κ1) is 12.0. The molecule has 1 aliphatic carbocycles. The summed E-state index contributed by atoms with van der Waals surface area (Å²) in [5.41, 5.74) is 1.80. The molecular formula is C13H19N3O. The molecule has 0 atom stereocenters. The van der Waals surface area contributed by atoms with Gasteiger partial charge in [0.2, 0.25) is 5.91 Å². The number of anilines is 1. The maximum atomic E-state index is 11.9. The van der Waals surface area contributed by atoms with Crippen LogP contribution in [0.25, 0.3) is 0 Å². The average Bonchev–Trinajstić information content (AvgIpc) is 2.27. The maximum Gasteiger partial charge on any atom is 0.240 e. The Labute approximate surface area is 102 Å². The van der Waals surface area contributed by atoms with Crippen LogP contribution in [0.2, 0.25) is 0 Å². The molecule has 1 aromatic heterocycles. The number of amides is 1. The predicted molar refractivity (Wildman–Crippen MR) is 68.0 cm³/mol. The number of nitrogens with zero attached hydrogens (tertiary/aromatic N) is 2. The third-order valence-corrected chi connectivity index (χ3v) is 3.30. The van der Waals surface area contributed by atoms with E-state index in [1.165, 1.54) is 19.3 Å². The van der Waals surface area contributed by atoms with Crippen LogP contribution in [0.4, 0.5) is 5.69 Å². The van der Waals surface area contributed by atoms with Crippen molar-refractivity contribution in [3.63, 3.8) is 0 Å². The molecule has 1 fully saturated rings. The summed E-state index contributed by atoms with van der Waals surface area (Å²) in [6.45, 7) is 2.35. The van der Waals surface area contributed by atoms with Crippen LogP contribution in [0.1, 0.15) is 25.0 Å². The van der Waals surface area contributed by atoms with Gasteiger partial charge in [-0.25, -0.2) is 0 Å². The average molecular weight is 233 g/mol. The number of aryl methyl sites for hydroxylation is 1. The molecule has 1 aliphatic rings. The summed E-state index contributed by atoms with van der Waals surface area (Å²) in [6.07, 6.45) is 5.41. The number of nitrogens with one attached hydrogen (secondary N) is 1. The maximum absolute atomic E-state index is 11.9. The van der Waals surface area contributed by atoms with Gasteiger partial charge in [-0.2, -0.15) is 0 Å². The highest BCUT2D eigenvalue weighted by molar-refractivity contribution is 5.94. The Morgan fingerprint density at radius 2 is 2.29 bits per heavy atom. The second-order valence-corrected chi connectivity index (χ2v) is 4.62. The van der Waals surface area contributed by atoms with E-state index in [2.05, 4.69) is 10.3 Å². The lowest BCUT2D eigenvalue weighted by atomic mass is 9.93. The number of rotatable bonds is 4. The second-order valence-electron chi connectivity index (χ2n) is 4.62. The van der Waals surface area contributed by atoms with E-state index in [1.807, 2.05) is 19.1 Å². The topological polar surface area (TPSA) is 45.2 Å². The van der Waals surface area contributed by atoms with Gasteiger partial charge < -0.3 is 10.2 Å². The molecule has 0 radical (unpaired) electrons. The molecule has 1 heterocycles. The van der Waals surface area contributed by atoms with Crippen molar-refractivity contribution in [1.29, 1.82) is 0 Å².